The molecule has 9 nitrogen and oxygen atoms in total. The highest BCUT2D eigenvalue weighted by molar-refractivity contribution is 5.82. The van der Waals surface area contributed by atoms with Gasteiger partial charge in [0.2, 0.25) is 0 Å². The van der Waals surface area contributed by atoms with Crippen LogP contribution in [0.1, 0.15) is 0 Å². The molecule has 0 aliphatic carbocycles. The van der Waals surface area contributed by atoms with Crippen LogP contribution >= 0.6 is 0 Å². The summed E-state index contributed by atoms with van der Waals surface area (Å²) >= 11 is 0. The fraction of sp³-hybridized carbons (Fsp3) is 0.750. The number of carbonyl (C=O) groups is 2. The Kier molecular flexibility index (Phi) is 4.78. The minimum Gasteiger partial charge on any atom is -0.481 e. The number of hydrogen-bond donors (Lipinski definition) is 4. The number of rotatable bonds is 6. The molecule has 17 heavy (non-hydrogen) atoms. The zero-order valence-electron chi connectivity index (χ0n) is 8.55. The zero-order valence-corrected chi connectivity index (χ0v) is 8.55. The first kappa shape index (κ1) is 13.8. The number of carboxylic acid groups (broad SMARTS) is 2. The van der Waals surface area contributed by atoms with Crippen LogP contribution < -0.4 is 0 Å². The van der Waals surface area contributed by atoms with Gasteiger partial charge in [0.15, 0.2) is 6.10 Å². The lowest BCUT2D eigenvalue weighted by atomic mass is 9.88. The standard InChI is InChI=1S/C8H12O9/c9-7(10)5-3(1-15-13)4(2-16-14)17-6(5)8(11)12/h3-6,13-14H,1-2H2,(H,9,10)(H,11,12). The number of carboxylic acids is 2. The molecule has 4 N–H and O–H groups in total. The van der Waals surface area contributed by atoms with Gasteiger partial charge in [-0.25, -0.2) is 14.6 Å². The molecule has 4 unspecified atom stereocenters. The van der Waals surface area contributed by atoms with Crippen molar-refractivity contribution in [2.45, 2.75) is 12.2 Å². The van der Waals surface area contributed by atoms with Crippen LogP contribution in [0, 0.1) is 11.8 Å². The molecule has 0 bridgehead atoms. The fourth-order valence-corrected chi connectivity index (χ4v) is 1.89. The van der Waals surface area contributed by atoms with Crippen molar-refractivity contribution in [1.82, 2.24) is 0 Å². The highest BCUT2D eigenvalue weighted by Gasteiger charge is 2.52. The van der Waals surface area contributed by atoms with Gasteiger partial charge in [-0.2, -0.15) is 0 Å². The predicted octanol–water partition coefficient (Wildman–Crippen LogP) is -0.865. The largest absolute Gasteiger partial charge is 0.481 e. The molecule has 0 saturated carbocycles. The van der Waals surface area contributed by atoms with Crippen LogP contribution in [0.25, 0.3) is 0 Å². The summed E-state index contributed by atoms with van der Waals surface area (Å²) in [4.78, 5) is 29.4. The first-order valence-corrected chi connectivity index (χ1v) is 4.66. The summed E-state index contributed by atoms with van der Waals surface area (Å²) in [5.74, 6) is -5.16. The van der Waals surface area contributed by atoms with Crippen LogP contribution in [0.2, 0.25) is 0 Å². The lowest BCUT2D eigenvalue weighted by Gasteiger charge is -2.17. The van der Waals surface area contributed by atoms with Gasteiger partial charge >= 0.3 is 11.9 Å². The van der Waals surface area contributed by atoms with Gasteiger partial charge in [-0.1, -0.05) is 0 Å². The van der Waals surface area contributed by atoms with Gasteiger partial charge in [0, 0.05) is 5.92 Å². The zero-order chi connectivity index (χ0) is 13.0. The number of hydrogen-bond acceptors (Lipinski definition) is 7. The summed E-state index contributed by atoms with van der Waals surface area (Å²) in [6.07, 6.45) is -2.57. The topological polar surface area (TPSA) is 143 Å². The van der Waals surface area contributed by atoms with Gasteiger partial charge < -0.3 is 14.9 Å². The van der Waals surface area contributed by atoms with E-state index in [1.807, 2.05) is 0 Å². The van der Waals surface area contributed by atoms with Gasteiger partial charge in [0.25, 0.3) is 0 Å². The van der Waals surface area contributed by atoms with E-state index < -0.39 is 49.2 Å². The van der Waals surface area contributed by atoms with E-state index in [9.17, 15) is 9.59 Å². The molecule has 1 aliphatic heterocycles. The molecule has 0 aromatic carbocycles. The van der Waals surface area contributed by atoms with Crippen LogP contribution in [0.3, 0.4) is 0 Å². The van der Waals surface area contributed by atoms with Crippen LogP contribution in [-0.2, 0) is 24.1 Å². The molecule has 1 aliphatic rings. The van der Waals surface area contributed by atoms with E-state index in [1.165, 1.54) is 0 Å². The maximum atomic E-state index is 11.0. The lowest BCUT2D eigenvalue weighted by Crippen LogP contribution is -2.36. The van der Waals surface area contributed by atoms with Crippen molar-refractivity contribution in [2.24, 2.45) is 11.8 Å². The lowest BCUT2D eigenvalue weighted by molar-refractivity contribution is -0.275. The maximum absolute atomic E-state index is 11.0. The SMILES string of the molecule is O=C(O)C1OC(COO)C(COO)C1C(=O)O. The predicted molar refractivity (Wildman–Crippen MR) is 48.1 cm³/mol. The number of aliphatic carboxylic acids is 2. The van der Waals surface area contributed by atoms with E-state index in [0.717, 1.165) is 0 Å². The molecule has 0 amide bonds. The third-order valence-corrected chi connectivity index (χ3v) is 2.62. The highest BCUT2D eigenvalue weighted by Crippen LogP contribution is 2.33. The summed E-state index contributed by atoms with van der Waals surface area (Å²) in [5, 5.41) is 34.4. The molecule has 9 heteroatoms. The van der Waals surface area contributed by atoms with Gasteiger partial charge in [0.1, 0.15) is 12.5 Å². The normalized spacial score (nSPS) is 32.6. The molecule has 0 aromatic rings. The van der Waals surface area contributed by atoms with E-state index in [1.54, 1.807) is 0 Å². The second-order valence-electron chi connectivity index (χ2n) is 3.55. The van der Waals surface area contributed by atoms with Crippen molar-refractivity contribution in [1.29, 1.82) is 0 Å². The van der Waals surface area contributed by atoms with Crippen LogP contribution in [0.5, 0.6) is 0 Å². The van der Waals surface area contributed by atoms with Crippen molar-refractivity contribution in [3.05, 3.63) is 0 Å². The second-order valence-corrected chi connectivity index (χ2v) is 3.55. The summed E-state index contributed by atoms with van der Waals surface area (Å²) in [5.41, 5.74) is 0. The van der Waals surface area contributed by atoms with E-state index in [-0.39, 0.29) is 0 Å². The van der Waals surface area contributed by atoms with Crippen LogP contribution in [0.15, 0.2) is 0 Å². The van der Waals surface area contributed by atoms with E-state index in [4.69, 9.17) is 25.5 Å². The molecule has 1 fully saturated rings. The summed E-state index contributed by atoms with van der Waals surface area (Å²) in [6.45, 7) is -0.851. The maximum Gasteiger partial charge on any atom is 0.333 e. The van der Waals surface area contributed by atoms with Crippen molar-refractivity contribution < 1.29 is 44.8 Å². The smallest absolute Gasteiger partial charge is 0.333 e. The third kappa shape index (κ3) is 2.90. The first-order chi connectivity index (χ1) is 8.02. The van der Waals surface area contributed by atoms with Crippen molar-refractivity contribution in [3.8, 4) is 0 Å². The van der Waals surface area contributed by atoms with Crippen LogP contribution in [0.4, 0.5) is 0 Å². The van der Waals surface area contributed by atoms with Crippen molar-refractivity contribution in [2.75, 3.05) is 13.2 Å². The van der Waals surface area contributed by atoms with Gasteiger partial charge in [-0.15, -0.1) is 0 Å². The molecule has 0 radical (unpaired) electrons. The van der Waals surface area contributed by atoms with E-state index in [0.29, 0.717) is 0 Å². The molecular formula is C8H12O9. The Morgan fingerprint density at radius 2 is 1.65 bits per heavy atom. The van der Waals surface area contributed by atoms with E-state index >= 15 is 0 Å². The Morgan fingerprint density at radius 1 is 1.06 bits per heavy atom. The monoisotopic (exact) mass is 252 g/mol. The molecule has 1 saturated heterocycles. The fourth-order valence-electron chi connectivity index (χ4n) is 1.89. The average Bonchev–Trinajstić information content (AvgIpc) is 2.59. The average molecular weight is 252 g/mol. The molecule has 4 atom stereocenters. The van der Waals surface area contributed by atoms with Gasteiger partial charge in [-0.05, 0) is 0 Å². The Labute approximate surface area is 95.0 Å². The van der Waals surface area contributed by atoms with Crippen molar-refractivity contribution >= 4 is 11.9 Å². The Hall–Kier alpha value is -1.26. The molecular weight excluding hydrogens is 240 g/mol. The Balaban J connectivity index is 2.91. The van der Waals surface area contributed by atoms with Gasteiger partial charge in [0.05, 0.1) is 12.7 Å². The molecule has 0 spiro atoms. The molecule has 98 valence electrons. The van der Waals surface area contributed by atoms with Crippen molar-refractivity contribution in [3.63, 3.8) is 0 Å². The molecule has 1 rings (SSSR count). The third-order valence-electron chi connectivity index (χ3n) is 2.62. The summed E-state index contributed by atoms with van der Waals surface area (Å²) in [7, 11) is 0. The molecule has 1 heterocycles. The first-order valence-electron chi connectivity index (χ1n) is 4.66. The second kappa shape index (κ2) is 5.89. The summed E-state index contributed by atoms with van der Waals surface area (Å²) in [6, 6.07) is 0. The quantitative estimate of drug-likeness (QED) is 0.350. The summed E-state index contributed by atoms with van der Waals surface area (Å²) < 4.78 is 4.95. The minimum atomic E-state index is -1.58. The number of ether oxygens (including phenoxy) is 1. The van der Waals surface area contributed by atoms with Gasteiger partial charge in [-0.3, -0.25) is 15.3 Å². The minimum absolute atomic E-state index is 0.415. The Morgan fingerprint density at radius 3 is 2.06 bits per heavy atom. The highest BCUT2D eigenvalue weighted by atomic mass is 17.1. The molecule has 0 aromatic heterocycles. The Bertz CT molecular complexity index is 291. The van der Waals surface area contributed by atoms with E-state index in [2.05, 4.69) is 9.78 Å². The van der Waals surface area contributed by atoms with Crippen LogP contribution in [-0.4, -0.2) is 58.1 Å².